The average Bonchev–Trinajstić information content (AvgIpc) is 3.87. The van der Waals surface area contributed by atoms with Gasteiger partial charge in [-0.05, 0) is 157 Å². The molecule has 0 amide bonds. The molecule has 4 saturated carbocycles. The minimum Gasteiger partial charge on any atom is -0.509 e. The van der Waals surface area contributed by atoms with Gasteiger partial charge in [0.1, 0.15) is 5.82 Å². The largest absolute Gasteiger partial charge is 0.509 e. The van der Waals surface area contributed by atoms with Crippen molar-refractivity contribution >= 4 is 38.9 Å². The van der Waals surface area contributed by atoms with Crippen LogP contribution in [-0.4, -0.2) is 16.6 Å². The van der Waals surface area contributed by atoms with E-state index >= 15 is 0 Å². The molecule has 5 aliphatic rings. The minimum absolute atomic E-state index is 0. The molecule has 0 unspecified atom stereocenters. The summed E-state index contributed by atoms with van der Waals surface area (Å²) in [4.78, 5) is 9.56. The number of fused-ring (bicyclic) bond motifs is 4. The molecule has 0 saturated heterocycles. The maximum atomic E-state index is 8.16. The molecule has 5 nitrogen and oxygen atoms in total. The van der Waals surface area contributed by atoms with Crippen LogP contribution in [0.15, 0.2) is 128 Å². The Morgan fingerprint density at radius 2 is 1.36 bits per heavy atom. The van der Waals surface area contributed by atoms with Gasteiger partial charge in [-0.2, -0.15) is 12.7 Å². The summed E-state index contributed by atoms with van der Waals surface area (Å²) in [5.41, 5.74) is 14.1. The molecule has 8 aromatic rings. The predicted octanol–water partition coefficient (Wildman–Crippen LogP) is 16.4. The number of para-hydroxylation sites is 3. The van der Waals surface area contributed by atoms with E-state index in [1.54, 1.807) is 0 Å². The van der Waals surface area contributed by atoms with E-state index < -0.39 is 6.85 Å². The zero-order chi connectivity index (χ0) is 49.1. The molecule has 4 fully saturated rings. The first-order valence-electron chi connectivity index (χ1n) is 26.6. The number of benzene rings is 6. The smallest absolute Gasteiger partial charge is 0.135 e. The first-order chi connectivity index (χ1) is 34.1. The zero-order valence-corrected chi connectivity index (χ0v) is 43.1. The molecule has 354 valence electrons. The summed E-state index contributed by atoms with van der Waals surface area (Å²) >= 11 is 0. The van der Waals surface area contributed by atoms with Crippen LogP contribution in [0.5, 0.6) is 11.5 Å². The van der Waals surface area contributed by atoms with Crippen LogP contribution in [0, 0.1) is 49.3 Å². The number of rotatable bonds is 10. The molecule has 6 aromatic carbocycles. The summed E-state index contributed by atoms with van der Waals surface area (Å²) in [6, 6.07) is 50.6. The monoisotopic (exact) mass is 1090 g/mol. The van der Waals surface area contributed by atoms with Gasteiger partial charge in [-0.15, -0.1) is 47.0 Å². The Labute approximate surface area is 428 Å². The van der Waals surface area contributed by atoms with E-state index in [4.69, 9.17) is 13.8 Å². The molecule has 4 aliphatic carbocycles. The molecule has 0 spiro atoms. The average molecular weight is 1090 g/mol. The Morgan fingerprint density at radius 1 is 0.681 bits per heavy atom. The minimum atomic E-state index is -2.15. The Balaban J connectivity index is 0.00000560. The fourth-order valence-electron chi connectivity index (χ4n) is 13.5. The molecule has 69 heavy (non-hydrogen) atoms. The standard InChI is InChI=1S/C63H63N4O.Pt/c1-38(2)44-32-55(39(3)4)62(56(33-44)40(5)6)45-30-50(66-37-65(8)58-15-11-12-16-59(58)66)35-52(31-45)68-51-21-22-54-53-13-9-10-14-57(53)67(60(54)36-51)61-34-47(23-24-64-61)63(46-19-17-41(7)18-20-46)48-26-42-25-43(28-48)29-49(63)27-42;/h9-24,30-34,37-40,42-43,48-49H,25-29H2,1-8H3;/q-3;/i7D3;. The number of aryl methyl sites for hydroxylation is 1. The van der Waals surface area contributed by atoms with Crippen LogP contribution < -0.4 is 14.5 Å². The van der Waals surface area contributed by atoms with E-state index in [1.165, 1.54) is 65.5 Å². The van der Waals surface area contributed by atoms with Crippen LogP contribution in [0.4, 0.5) is 17.1 Å². The Bertz CT molecular complexity index is 3300. The van der Waals surface area contributed by atoms with Crippen molar-refractivity contribution in [3.05, 3.63) is 180 Å². The van der Waals surface area contributed by atoms with Crippen molar-refractivity contribution in [2.45, 2.75) is 104 Å². The van der Waals surface area contributed by atoms with Crippen molar-refractivity contribution in [3.8, 4) is 28.4 Å². The van der Waals surface area contributed by atoms with E-state index in [1.807, 2.05) is 24.4 Å². The maximum Gasteiger partial charge on any atom is 0.135 e. The molecule has 4 bridgehead atoms. The first kappa shape index (κ1) is 42.3. The van der Waals surface area contributed by atoms with Gasteiger partial charge in [0.25, 0.3) is 0 Å². The van der Waals surface area contributed by atoms with Gasteiger partial charge in [-0.3, -0.25) is 0 Å². The molecule has 0 N–H and O–H groups in total. The number of anilines is 3. The molecule has 0 radical (unpaired) electrons. The predicted molar refractivity (Wildman–Crippen MR) is 281 cm³/mol. The van der Waals surface area contributed by atoms with E-state index in [0.717, 1.165) is 62.1 Å². The quantitative estimate of drug-likeness (QED) is 0.128. The molecular formula is C63H63N4OPt-3. The van der Waals surface area contributed by atoms with Gasteiger partial charge in [-0.25, -0.2) is 4.98 Å². The SMILES string of the molecule is [2H]C([2H])([2H])c1ccc(C2(c3ccnc(-n4c5[c-]c(Oc6[c-]c(N7[CH-]N(C)c8ccccc87)cc(-c7c(C(C)C)cc(C(C)C)cc7C(C)C)c6)ccc5c5ccccc54)c3)C3CC4CC(C3)CC2C4)cc1.[Pt]. The fourth-order valence-corrected chi connectivity index (χ4v) is 13.5. The third-order valence-electron chi connectivity index (χ3n) is 16.3. The zero-order valence-electron chi connectivity index (χ0n) is 43.8. The van der Waals surface area contributed by atoms with Crippen molar-refractivity contribution in [1.82, 2.24) is 9.55 Å². The van der Waals surface area contributed by atoms with E-state index in [2.05, 4.69) is 185 Å². The summed E-state index contributed by atoms with van der Waals surface area (Å²) < 4.78 is 33.8. The Hall–Kier alpha value is -5.64. The van der Waals surface area contributed by atoms with Gasteiger partial charge in [0.15, 0.2) is 0 Å². The number of aromatic nitrogens is 2. The molecular weight excluding hydrogens is 1020 g/mol. The second kappa shape index (κ2) is 17.6. The van der Waals surface area contributed by atoms with Crippen molar-refractivity contribution in [1.29, 1.82) is 0 Å². The van der Waals surface area contributed by atoms with Crippen molar-refractivity contribution in [2.24, 2.45) is 23.7 Å². The molecule has 3 heterocycles. The van der Waals surface area contributed by atoms with Gasteiger partial charge < -0.3 is 19.1 Å². The van der Waals surface area contributed by atoms with E-state index in [-0.39, 0.29) is 26.5 Å². The van der Waals surface area contributed by atoms with Gasteiger partial charge >= 0.3 is 0 Å². The van der Waals surface area contributed by atoms with Crippen molar-refractivity contribution in [2.75, 3.05) is 16.8 Å². The third kappa shape index (κ3) is 7.56. The first-order valence-corrected chi connectivity index (χ1v) is 25.1. The number of pyridine rings is 1. The Kier molecular flexibility index (Phi) is 10.8. The van der Waals surface area contributed by atoms with Crippen molar-refractivity contribution in [3.63, 3.8) is 0 Å². The number of ether oxygens (including phenoxy) is 1. The number of hydrogen-bond donors (Lipinski definition) is 0. The van der Waals surface area contributed by atoms with E-state index in [0.29, 0.717) is 46.7 Å². The van der Waals surface area contributed by atoms with Crippen molar-refractivity contribution < 1.29 is 29.9 Å². The van der Waals surface area contributed by atoms with Crippen LogP contribution in [0.3, 0.4) is 0 Å². The number of nitrogens with zero attached hydrogens (tertiary/aromatic N) is 4. The second-order valence-electron chi connectivity index (χ2n) is 21.4. The van der Waals surface area contributed by atoms with E-state index in [9.17, 15) is 0 Å². The number of hydrogen-bond acceptors (Lipinski definition) is 4. The molecule has 1 aliphatic heterocycles. The molecule has 2 aromatic heterocycles. The van der Waals surface area contributed by atoms with Crippen LogP contribution in [0.25, 0.3) is 38.8 Å². The molecule has 0 atom stereocenters. The topological polar surface area (TPSA) is 33.5 Å². The van der Waals surface area contributed by atoms with Gasteiger partial charge in [0.05, 0.1) is 0 Å². The second-order valence-corrected chi connectivity index (χ2v) is 21.4. The van der Waals surface area contributed by atoms with Gasteiger partial charge in [-0.1, -0.05) is 119 Å². The van der Waals surface area contributed by atoms with Crippen LogP contribution >= 0.6 is 0 Å². The Morgan fingerprint density at radius 3 is 2.04 bits per heavy atom. The van der Waals surface area contributed by atoms with Crippen LogP contribution in [0.1, 0.15) is 129 Å². The fraction of sp³-hybridized carbons (Fsp3) is 0.333. The summed E-state index contributed by atoms with van der Waals surface area (Å²) in [7, 11) is 2.09. The van der Waals surface area contributed by atoms with Gasteiger partial charge in [0.2, 0.25) is 0 Å². The summed E-state index contributed by atoms with van der Waals surface area (Å²) in [6.45, 7) is 13.8. The van der Waals surface area contributed by atoms with Gasteiger partial charge in [0, 0.05) is 65.2 Å². The summed E-state index contributed by atoms with van der Waals surface area (Å²) in [5, 5.41) is 2.19. The maximum absolute atomic E-state index is 8.16. The molecule has 6 heteroatoms. The summed E-state index contributed by atoms with van der Waals surface area (Å²) in [6.07, 6.45) is 8.15. The molecule has 13 rings (SSSR count). The third-order valence-corrected chi connectivity index (χ3v) is 16.3. The van der Waals surface area contributed by atoms with Crippen LogP contribution in [0.2, 0.25) is 0 Å². The van der Waals surface area contributed by atoms with Crippen LogP contribution in [-0.2, 0) is 26.5 Å². The normalized spacial score (nSPS) is 22.4. The summed E-state index contributed by atoms with van der Waals surface area (Å²) in [5.74, 6) is 5.52.